The highest BCUT2D eigenvalue weighted by atomic mass is 79.9. The van der Waals surface area contributed by atoms with Crippen LogP contribution in [0.25, 0.3) is 0 Å². The minimum atomic E-state index is 0.488. The van der Waals surface area contributed by atoms with Crippen LogP contribution in [0.4, 0.5) is 0 Å². The molecule has 0 amide bonds. The summed E-state index contributed by atoms with van der Waals surface area (Å²) < 4.78 is 1.00. The van der Waals surface area contributed by atoms with E-state index >= 15 is 0 Å². The monoisotopic (exact) mass is 214 g/mol. The van der Waals surface area contributed by atoms with E-state index in [0.29, 0.717) is 6.54 Å². The average molecular weight is 215 g/mol. The molecule has 0 aliphatic carbocycles. The number of aryl methyl sites for hydroxylation is 2. The highest BCUT2D eigenvalue weighted by Crippen LogP contribution is 2.17. The van der Waals surface area contributed by atoms with Crippen LogP contribution in [0.1, 0.15) is 17.0 Å². The molecule has 0 saturated carbocycles. The topological polar surface area (TPSA) is 38.9 Å². The molecule has 0 bridgehead atoms. The van der Waals surface area contributed by atoms with E-state index in [2.05, 4.69) is 20.9 Å². The Morgan fingerprint density at radius 3 is 2.73 bits per heavy atom. The Bertz CT molecular complexity index is 271. The van der Waals surface area contributed by atoms with Crippen molar-refractivity contribution < 1.29 is 0 Å². The van der Waals surface area contributed by atoms with E-state index in [1.165, 1.54) is 5.56 Å². The molecule has 0 radical (unpaired) electrons. The lowest BCUT2D eigenvalue weighted by Crippen LogP contribution is -2.02. The third kappa shape index (κ3) is 1.79. The van der Waals surface area contributed by atoms with Gasteiger partial charge >= 0.3 is 0 Å². The van der Waals surface area contributed by atoms with E-state index in [0.717, 1.165) is 15.9 Å². The van der Waals surface area contributed by atoms with Crippen LogP contribution in [0.3, 0.4) is 0 Å². The number of rotatable bonds is 1. The summed E-state index contributed by atoms with van der Waals surface area (Å²) in [5, 5.41) is 0. The molecule has 11 heavy (non-hydrogen) atoms. The fourth-order valence-corrected chi connectivity index (χ4v) is 1.46. The predicted octanol–water partition coefficient (Wildman–Crippen LogP) is 1.92. The molecule has 1 heterocycles. The lowest BCUT2D eigenvalue weighted by Gasteiger charge is -2.04. The average Bonchev–Trinajstić information content (AvgIpc) is 1.97. The van der Waals surface area contributed by atoms with Gasteiger partial charge in [-0.15, -0.1) is 0 Å². The molecule has 60 valence electrons. The van der Waals surface area contributed by atoms with Crippen LogP contribution in [0.15, 0.2) is 10.5 Å². The zero-order valence-electron chi connectivity index (χ0n) is 6.69. The van der Waals surface area contributed by atoms with Crippen molar-refractivity contribution in [1.29, 1.82) is 0 Å². The van der Waals surface area contributed by atoms with Crippen molar-refractivity contribution in [3.8, 4) is 0 Å². The second-order valence-corrected chi connectivity index (χ2v) is 3.38. The molecule has 2 nitrogen and oxygen atoms in total. The van der Waals surface area contributed by atoms with Gasteiger partial charge in [-0.2, -0.15) is 0 Å². The smallest absolute Gasteiger partial charge is 0.0684 e. The molecule has 0 saturated heterocycles. The van der Waals surface area contributed by atoms with Crippen LogP contribution in [-0.2, 0) is 6.54 Å². The standard InChI is InChI=1S/C8H11BrN2/c1-5-3-7(9)8(4-10)11-6(5)2/h3H,4,10H2,1-2H3. The maximum absolute atomic E-state index is 5.48. The first-order valence-corrected chi connectivity index (χ1v) is 4.27. The molecule has 1 rings (SSSR count). The first kappa shape index (κ1) is 8.68. The van der Waals surface area contributed by atoms with Gasteiger partial charge in [0.25, 0.3) is 0 Å². The lowest BCUT2D eigenvalue weighted by molar-refractivity contribution is 0.949. The largest absolute Gasteiger partial charge is 0.325 e. The highest BCUT2D eigenvalue weighted by molar-refractivity contribution is 9.10. The molecule has 2 N–H and O–H groups in total. The van der Waals surface area contributed by atoms with E-state index in [4.69, 9.17) is 5.73 Å². The molecule has 0 spiro atoms. The van der Waals surface area contributed by atoms with Gasteiger partial charge in [-0.3, -0.25) is 4.98 Å². The summed E-state index contributed by atoms with van der Waals surface area (Å²) >= 11 is 3.40. The summed E-state index contributed by atoms with van der Waals surface area (Å²) in [5.41, 5.74) is 8.64. The van der Waals surface area contributed by atoms with Gasteiger partial charge in [0.05, 0.1) is 5.69 Å². The molecule has 0 aromatic carbocycles. The number of aromatic nitrogens is 1. The van der Waals surface area contributed by atoms with Gasteiger partial charge in [0, 0.05) is 16.7 Å². The SMILES string of the molecule is Cc1cc(Br)c(CN)nc1C. The molecule has 0 fully saturated rings. The summed E-state index contributed by atoms with van der Waals surface area (Å²) in [6.07, 6.45) is 0. The van der Waals surface area contributed by atoms with Crippen molar-refractivity contribution in [3.63, 3.8) is 0 Å². The van der Waals surface area contributed by atoms with Gasteiger partial charge in [-0.1, -0.05) is 0 Å². The first-order chi connectivity index (χ1) is 5.15. The molecule has 1 aromatic heterocycles. The zero-order valence-corrected chi connectivity index (χ0v) is 8.27. The zero-order chi connectivity index (χ0) is 8.43. The van der Waals surface area contributed by atoms with Crippen LogP contribution >= 0.6 is 15.9 Å². The summed E-state index contributed by atoms with van der Waals surface area (Å²) in [6.45, 7) is 4.51. The van der Waals surface area contributed by atoms with Gasteiger partial charge in [0.2, 0.25) is 0 Å². The molecule has 3 heteroatoms. The van der Waals surface area contributed by atoms with E-state index in [-0.39, 0.29) is 0 Å². The Morgan fingerprint density at radius 1 is 1.55 bits per heavy atom. The van der Waals surface area contributed by atoms with E-state index in [1.54, 1.807) is 0 Å². The minimum absolute atomic E-state index is 0.488. The normalized spacial score (nSPS) is 10.2. The van der Waals surface area contributed by atoms with Gasteiger partial charge in [-0.05, 0) is 41.4 Å². The Kier molecular flexibility index (Phi) is 2.62. The van der Waals surface area contributed by atoms with E-state index < -0.39 is 0 Å². The number of hydrogen-bond donors (Lipinski definition) is 1. The van der Waals surface area contributed by atoms with Crippen LogP contribution < -0.4 is 5.73 Å². The van der Waals surface area contributed by atoms with Crippen molar-refractivity contribution in [3.05, 3.63) is 27.5 Å². The van der Waals surface area contributed by atoms with Crippen LogP contribution in [-0.4, -0.2) is 4.98 Å². The Hall–Kier alpha value is -0.410. The molecule has 0 unspecified atom stereocenters. The van der Waals surface area contributed by atoms with E-state index in [1.807, 2.05) is 19.9 Å². The molecule has 0 aliphatic rings. The van der Waals surface area contributed by atoms with Crippen molar-refractivity contribution in [2.45, 2.75) is 20.4 Å². The third-order valence-corrected chi connectivity index (χ3v) is 2.37. The minimum Gasteiger partial charge on any atom is -0.325 e. The van der Waals surface area contributed by atoms with Crippen LogP contribution in [0, 0.1) is 13.8 Å². The number of hydrogen-bond acceptors (Lipinski definition) is 2. The number of pyridine rings is 1. The summed E-state index contributed by atoms with van der Waals surface area (Å²) in [5.74, 6) is 0. The van der Waals surface area contributed by atoms with E-state index in [9.17, 15) is 0 Å². The second-order valence-electron chi connectivity index (χ2n) is 2.52. The number of halogens is 1. The Morgan fingerprint density at radius 2 is 2.18 bits per heavy atom. The van der Waals surface area contributed by atoms with Crippen molar-refractivity contribution in [1.82, 2.24) is 4.98 Å². The first-order valence-electron chi connectivity index (χ1n) is 3.48. The second kappa shape index (κ2) is 3.32. The van der Waals surface area contributed by atoms with Gasteiger partial charge in [0.1, 0.15) is 0 Å². The molecular weight excluding hydrogens is 204 g/mol. The highest BCUT2D eigenvalue weighted by Gasteiger charge is 2.01. The number of nitrogens with two attached hydrogens (primary N) is 1. The van der Waals surface area contributed by atoms with Crippen LogP contribution in [0.5, 0.6) is 0 Å². The third-order valence-electron chi connectivity index (χ3n) is 1.69. The summed E-state index contributed by atoms with van der Waals surface area (Å²) in [4.78, 5) is 4.32. The molecule has 0 atom stereocenters. The molecule has 0 aliphatic heterocycles. The van der Waals surface area contributed by atoms with Gasteiger partial charge in [-0.25, -0.2) is 0 Å². The molecule has 1 aromatic rings. The van der Waals surface area contributed by atoms with Crippen molar-refractivity contribution >= 4 is 15.9 Å². The van der Waals surface area contributed by atoms with Crippen molar-refractivity contribution in [2.75, 3.05) is 0 Å². The van der Waals surface area contributed by atoms with Crippen LogP contribution in [0.2, 0.25) is 0 Å². The summed E-state index contributed by atoms with van der Waals surface area (Å²) in [7, 11) is 0. The maximum atomic E-state index is 5.48. The quantitative estimate of drug-likeness (QED) is 0.777. The fraction of sp³-hybridized carbons (Fsp3) is 0.375. The summed E-state index contributed by atoms with van der Waals surface area (Å²) in [6, 6.07) is 2.05. The van der Waals surface area contributed by atoms with Crippen molar-refractivity contribution in [2.24, 2.45) is 5.73 Å². The molecular formula is C8H11BrN2. The van der Waals surface area contributed by atoms with Gasteiger partial charge < -0.3 is 5.73 Å². The Labute approximate surface area is 75.0 Å². The number of nitrogens with zero attached hydrogens (tertiary/aromatic N) is 1. The van der Waals surface area contributed by atoms with Gasteiger partial charge in [0.15, 0.2) is 0 Å². The fourth-order valence-electron chi connectivity index (χ4n) is 0.865. The lowest BCUT2D eigenvalue weighted by atomic mass is 10.2. The maximum Gasteiger partial charge on any atom is 0.0684 e. The Balaban J connectivity index is 3.21. The predicted molar refractivity (Wildman–Crippen MR) is 49.3 cm³/mol.